The van der Waals surface area contributed by atoms with Gasteiger partial charge in [-0.15, -0.1) is 10.2 Å². The molecular weight excluding hydrogens is 396 g/mol. The van der Waals surface area contributed by atoms with Crippen LogP contribution in [-0.4, -0.2) is 32.4 Å². The number of ether oxygens (including phenoxy) is 1. The Morgan fingerprint density at radius 2 is 1.96 bits per heavy atom. The molecule has 0 radical (unpaired) electrons. The molecule has 1 aromatic heterocycles. The Morgan fingerprint density at radius 3 is 2.63 bits per heavy atom. The third kappa shape index (κ3) is 4.84. The monoisotopic (exact) mass is 409 g/mol. The number of benzene rings is 2. The van der Waals surface area contributed by atoms with Crippen molar-refractivity contribution >= 4 is 29.1 Å². The highest BCUT2D eigenvalue weighted by Gasteiger charge is 2.20. The van der Waals surface area contributed by atoms with E-state index in [2.05, 4.69) is 14.9 Å². The lowest BCUT2D eigenvalue weighted by Gasteiger charge is -2.12. The highest BCUT2D eigenvalue weighted by Crippen LogP contribution is 2.27. The van der Waals surface area contributed by atoms with Crippen LogP contribution in [0.4, 0.5) is 8.78 Å². The van der Waals surface area contributed by atoms with Gasteiger partial charge in [0.15, 0.2) is 10.9 Å². The number of rotatable bonds is 7. The number of carbonyl (C=O) groups excluding carboxylic acids is 1. The van der Waals surface area contributed by atoms with Crippen molar-refractivity contribution in [2.45, 2.75) is 23.9 Å². The van der Waals surface area contributed by atoms with Crippen molar-refractivity contribution in [2.75, 3.05) is 0 Å². The van der Waals surface area contributed by atoms with Gasteiger partial charge in [-0.3, -0.25) is 9.36 Å². The van der Waals surface area contributed by atoms with E-state index in [9.17, 15) is 13.6 Å². The van der Waals surface area contributed by atoms with Crippen LogP contribution in [0, 0.1) is 0 Å². The highest BCUT2D eigenvalue weighted by atomic mass is 35.5. The summed E-state index contributed by atoms with van der Waals surface area (Å²) in [4.78, 5) is 12.6. The Labute approximate surface area is 163 Å². The molecule has 140 valence electrons. The zero-order valence-electron chi connectivity index (χ0n) is 14.1. The van der Waals surface area contributed by atoms with Gasteiger partial charge < -0.3 is 4.74 Å². The van der Waals surface area contributed by atoms with Gasteiger partial charge in [0.1, 0.15) is 12.1 Å². The van der Waals surface area contributed by atoms with E-state index in [1.54, 1.807) is 30.0 Å². The molecule has 5 nitrogen and oxygen atoms in total. The maximum absolute atomic E-state index is 12.6. The van der Waals surface area contributed by atoms with E-state index >= 15 is 0 Å². The molecule has 0 aliphatic carbocycles. The van der Waals surface area contributed by atoms with Gasteiger partial charge in [-0.1, -0.05) is 29.4 Å². The molecule has 9 heteroatoms. The van der Waals surface area contributed by atoms with Crippen LogP contribution in [0.1, 0.15) is 17.3 Å². The van der Waals surface area contributed by atoms with Crippen LogP contribution in [0.15, 0.2) is 60.0 Å². The second-order valence-corrected chi connectivity index (χ2v) is 7.23. The minimum atomic E-state index is -2.90. The zero-order chi connectivity index (χ0) is 19.4. The predicted octanol–water partition coefficient (Wildman–Crippen LogP) is 4.89. The summed E-state index contributed by atoms with van der Waals surface area (Å²) in [7, 11) is 0. The molecule has 0 saturated carbocycles. The SMILES string of the molecule is CC(Sc1nncn1-c1cccc(Cl)c1)C(=O)c1ccc(OC(F)F)cc1. The van der Waals surface area contributed by atoms with Gasteiger partial charge in [0.05, 0.1) is 10.9 Å². The van der Waals surface area contributed by atoms with Crippen LogP contribution in [0.2, 0.25) is 5.02 Å². The largest absolute Gasteiger partial charge is 0.435 e. The van der Waals surface area contributed by atoms with Gasteiger partial charge in [-0.05, 0) is 49.4 Å². The molecule has 1 atom stereocenters. The molecule has 0 amide bonds. The van der Waals surface area contributed by atoms with E-state index in [1.165, 1.54) is 36.0 Å². The predicted molar refractivity (Wildman–Crippen MR) is 99.1 cm³/mol. The molecular formula is C18H14ClF2N3O2S. The molecule has 3 rings (SSSR count). The number of halogens is 3. The highest BCUT2D eigenvalue weighted by molar-refractivity contribution is 8.00. The lowest BCUT2D eigenvalue weighted by molar-refractivity contribution is -0.0498. The van der Waals surface area contributed by atoms with Crippen LogP contribution in [0.5, 0.6) is 5.75 Å². The Bertz CT molecular complexity index is 934. The number of Topliss-reactive ketones (excluding diaryl/α,β-unsaturated/α-hetero) is 1. The Kier molecular flexibility index (Phi) is 6.08. The normalized spacial score (nSPS) is 12.2. The lowest BCUT2D eigenvalue weighted by atomic mass is 10.1. The van der Waals surface area contributed by atoms with Gasteiger partial charge in [0.2, 0.25) is 0 Å². The maximum Gasteiger partial charge on any atom is 0.387 e. The average Bonchev–Trinajstić information content (AvgIpc) is 3.09. The number of aromatic nitrogens is 3. The summed E-state index contributed by atoms with van der Waals surface area (Å²) in [5.74, 6) is -0.160. The van der Waals surface area contributed by atoms with Gasteiger partial charge in [-0.2, -0.15) is 8.78 Å². The molecule has 1 heterocycles. The Balaban J connectivity index is 1.73. The molecule has 2 aromatic carbocycles. The molecule has 0 saturated heterocycles. The fourth-order valence-electron chi connectivity index (χ4n) is 2.35. The smallest absolute Gasteiger partial charge is 0.387 e. The van der Waals surface area contributed by atoms with E-state index < -0.39 is 11.9 Å². The van der Waals surface area contributed by atoms with Crippen LogP contribution in [-0.2, 0) is 0 Å². The summed E-state index contributed by atoms with van der Waals surface area (Å²) >= 11 is 7.26. The molecule has 0 aliphatic rings. The quantitative estimate of drug-likeness (QED) is 0.411. The molecule has 3 aromatic rings. The zero-order valence-corrected chi connectivity index (χ0v) is 15.6. The first kappa shape index (κ1) is 19.3. The fraction of sp³-hybridized carbons (Fsp3) is 0.167. The van der Waals surface area contributed by atoms with Crippen molar-refractivity contribution in [3.8, 4) is 11.4 Å². The van der Waals surface area contributed by atoms with Gasteiger partial charge >= 0.3 is 6.61 Å². The van der Waals surface area contributed by atoms with Crippen LogP contribution < -0.4 is 4.74 Å². The van der Waals surface area contributed by atoms with Crippen molar-refractivity contribution in [1.82, 2.24) is 14.8 Å². The van der Waals surface area contributed by atoms with Crippen molar-refractivity contribution in [1.29, 1.82) is 0 Å². The second kappa shape index (κ2) is 8.49. The van der Waals surface area contributed by atoms with Crippen LogP contribution in [0.25, 0.3) is 5.69 Å². The number of ketones is 1. The van der Waals surface area contributed by atoms with E-state index in [4.69, 9.17) is 11.6 Å². The molecule has 27 heavy (non-hydrogen) atoms. The number of nitrogens with zero attached hydrogens (tertiary/aromatic N) is 3. The third-order valence-corrected chi connectivity index (χ3v) is 4.91. The van der Waals surface area contributed by atoms with Crippen molar-refractivity contribution < 1.29 is 18.3 Å². The van der Waals surface area contributed by atoms with Crippen LogP contribution in [0.3, 0.4) is 0 Å². The lowest BCUT2D eigenvalue weighted by Crippen LogP contribution is -2.14. The number of carbonyl (C=O) groups is 1. The number of hydrogen-bond donors (Lipinski definition) is 0. The summed E-state index contributed by atoms with van der Waals surface area (Å²) in [5.41, 5.74) is 1.17. The first-order chi connectivity index (χ1) is 12.9. The van der Waals surface area contributed by atoms with Crippen molar-refractivity contribution in [3.63, 3.8) is 0 Å². The summed E-state index contributed by atoms with van der Waals surface area (Å²) in [6.45, 7) is -1.16. The van der Waals surface area contributed by atoms with Gasteiger partial charge in [-0.25, -0.2) is 0 Å². The first-order valence-electron chi connectivity index (χ1n) is 7.86. The van der Waals surface area contributed by atoms with Crippen molar-refractivity contribution in [2.24, 2.45) is 0 Å². The van der Waals surface area contributed by atoms with E-state index in [1.807, 2.05) is 12.1 Å². The summed E-state index contributed by atoms with van der Waals surface area (Å²) in [5, 5.41) is 8.62. The maximum atomic E-state index is 12.6. The molecule has 0 fully saturated rings. The minimum absolute atomic E-state index is 0.00237. The molecule has 0 spiro atoms. The standard InChI is InChI=1S/C18H14ClF2N3O2S/c1-11(16(25)12-5-7-15(8-6-12)26-17(20)21)27-18-23-22-10-24(18)14-4-2-3-13(19)9-14/h2-11,17H,1H3. The third-order valence-electron chi connectivity index (χ3n) is 3.62. The molecule has 1 unspecified atom stereocenters. The number of alkyl halides is 2. The van der Waals surface area contributed by atoms with E-state index in [-0.39, 0.29) is 11.5 Å². The number of hydrogen-bond acceptors (Lipinski definition) is 5. The van der Waals surface area contributed by atoms with Crippen molar-refractivity contribution in [3.05, 3.63) is 65.4 Å². The van der Waals surface area contributed by atoms with E-state index in [0.717, 1.165) is 5.69 Å². The van der Waals surface area contributed by atoms with E-state index in [0.29, 0.717) is 15.7 Å². The molecule has 0 bridgehead atoms. The van der Waals surface area contributed by atoms with Crippen LogP contribution >= 0.6 is 23.4 Å². The summed E-state index contributed by atoms with van der Waals surface area (Å²) in [6.07, 6.45) is 1.54. The Morgan fingerprint density at radius 1 is 1.22 bits per heavy atom. The average molecular weight is 410 g/mol. The van der Waals surface area contributed by atoms with Gasteiger partial charge in [0.25, 0.3) is 0 Å². The molecule has 0 aliphatic heterocycles. The second-order valence-electron chi connectivity index (χ2n) is 5.49. The number of thioether (sulfide) groups is 1. The first-order valence-corrected chi connectivity index (χ1v) is 9.11. The van der Waals surface area contributed by atoms with Gasteiger partial charge in [0, 0.05) is 10.6 Å². The topological polar surface area (TPSA) is 57.0 Å². The summed E-state index contributed by atoms with van der Waals surface area (Å²) < 4.78 is 30.4. The fourth-order valence-corrected chi connectivity index (χ4v) is 3.46. The minimum Gasteiger partial charge on any atom is -0.435 e. The Hall–Kier alpha value is -2.45. The summed E-state index contributed by atoms with van der Waals surface area (Å²) in [6, 6.07) is 12.8. The molecule has 0 N–H and O–H groups in total.